The quantitative estimate of drug-likeness (QED) is 0.737. The second kappa shape index (κ2) is 7.02. The molecule has 1 aromatic carbocycles. The predicted octanol–water partition coefficient (Wildman–Crippen LogP) is 3.19. The van der Waals surface area contributed by atoms with Crippen LogP contribution in [-0.4, -0.2) is 32.5 Å². The van der Waals surface area contributed by atoms with E-state index in [1.54, 1.807) is 11.1 Å². The van der Waals surface area contributed by atoms with Gasteiger partial charge in [-0.25, -0.2) is 4.98 Å². The number of nitrogens with one attached hydrogen (secondary N) is 1. The summed E-state index contributed by atoms with van der Waals surface area (Å²) in [7, 11) is 0. The number of rotatable bonds is 4. The lowest BCUT2D eigenvalue weighted by Gasteiger charge is -2.25. The molecule has 10 heteroatoms. The second-order valence-corrected chi connectivity index (χ2v) is 6.29. The van der Waals surface area contributed by atoms with Gasteiger partial charge in [-0.1, -0.05) is 6.07 Å². The van der Waals surface area contributed by atoms with Gasteiger partial charge < -0.3 is 14.1 Å². The number of fused-ring (bicyclic) bond motifs is 1. The molecule has 0 aliphatic carbocycles. The summed E-state index contributed by atoms with van der Waals surface area (Å²) in [6.45, 7) is 0.755. The van der Waals surface area contributed by atoms with E-state index in [1.807, 2.05) is 0 Å². The molecule has 0 saturated heterocycles. The topological polar surface area (TPSA) is 84.2 Å². The number of hydrogen-bond donors (Lipinski definition) is 1. The largest absolute Gasteiger partial charge is 0.484 e. The number of alkyl halides is 3. The van der Waals surface area contributed by atoms with E-state index >= 15 is 0 Å². The van der Waals surface area contributed by atoms with E-state index in [-0.39, 0.29) is 29.8 Å². The molecule has 0 atom stereocenters. The molecule has 7 nitrogen and oxygen atoms in total. The summed E-state index contributed by atoms with van der Waals surface area (Å²) < 4.78 is 48.7. The van der Waals surface area contributed by atoms with E-state index in [9.17, 15) is 18.0 Å². The molecule has 146 valence electrons. The highest BCUT2D eigenvalue weighted by Gasteiger charge is 2.30. The molecule has 3 heterocycles. The number of halogens is 3. The number of benzene rings is 1. The number of aromatic amines is 1. The third kappa shape index (κ3) is 3.71. The fraction of sp³-hybridized carbons (Fsp3) is 0.278. The third-order valence-corrected chi connectivity index (χ3v) is 4.38. The van der Waals surface area contributed by atoms with Gasteiger partial charge in [0.25, 0.3) is 5.91 Å². The number of H-pyrrole nitrogens is 1. The van der Waals surface area contributed by atoms with Gasteiger partial charge >= 0.3 is 6.18 Å². The van der Waals surface area contributed by atoms with Crippen molar-refractivity contribution in [2.45, 2.75) is 25.7 Å². The standard InChI is InChI=1S/C18H15F3N4O3/c19-18(20,21)12-2-1-3-13(6-12)27-10-16-23-15(9-28-16)17(26)25-5-4-14-11(8-25)7-22-24-14/h1-3,6-7,9H,4-5,8,10H2,(H,22,24). The highest BCUT2D eigenvalue weighted by Crippen LogP contribution is 2.31. The van der Waals surface area contributed by atoms with Crippen molar-refractivity contribution in [1.29, 1.82) is 0 Å². The maximum Gasteiger partial charge on any atom is 0.416 e. The van der Waals surface area contributed by atoms with Crippen LogP contribution in [0.4, 0.5) is 13.2 Å². The molecule has 1 amide bonds. The first-order valence-electron chi connectivity index (χ1n) is 8.45. The van der Waals surface area contributed by atoms with E-state index in [0.717, 1.165) is 23.4 Å². The zero-order valence-corrected chi connectivity index (χ0v) is 14.5. The molecule has 0 bridgehead atoms. The van der Waals surface area contributed by atoms with Crippen LogP contribution in [0.15, 0.2) is 41.1 Å². The van der Waals surface area contributed by atoms with Crippen LogP contribution < -0.4 is 4.74 Å². The van der Waals surface area contributed by atoms with Crippen LogP contribution in [0.1, 0.15) is 33.2 Å². The van der Waals surface area contributed by atoms with Gasteiger partial charge in [0, 0.05) is 30.8 Å². The van der Waals surface area contributed by atoms with Gasteiger partial charge in [-0.3, -0.25) is 9.89 Å². The van der Waals surface area contributed by atoms with Crippen molar-refractivity contribution in [2.75, 3.05) is 6.54 Å². The van der Waals surface area contributed by atoms with Crippen molar-refractivity contribution in [3.8, 4) is 5.75 Å². The van der Waals surface area contributed by atoms with Gasteiger partial charge in [0.15, 0.2) is 12.3 Å². The molecule has 1 N–H and O–H groups in total. The highest BCUT2D eigenvalue weighted by atomic mass is 19.4. The molecule has 0 radical (unpaired) electrons. The molecule has 1 aliphatic rings. The van der Waals surface area contributed by atoms with Crippen molar-refractivity contribution in [3.63, 3.8) is 0 Å². The monoisotopic (exact) mass is 392 g/mol. The molecule has 0 fully saturated rings. The van der Waals surface area contributed by atoms with Crippen LogP contribution >= 0.6 is 0 Å². The molecule has 1 aliphatic heterocycles. The average Bonchev–Trinajstić information content (AvgIpc) is 3.34. The van der Waals surface area contributed by atoms with Crippen LogP contribution in [0, 0.1) is 0 Å². The first-order valence-corrected chi connectivity index (χ1v) is 8.45. The number of carbonyl (C=O) groups excluding carboxylic acids is 1. The Morgan fingerprint density at radius 1 is 1.36 bits per heavy atom. The van der Waals surface area contributed by atoms with E-state index in [2.05, 4.69) is 15.2 Å². The first kappa shape index (κ1) is 18.1. The van der Waals surface area contributed by atoms with E-state index in [0.29, 0.717) is 19.5 Å². The van der Waals surface area contributed by atoms with Gasteiger partial charge in [-0.15, -0.1) is 0 Å². The van der Waals surface area contributed by atoms with Crippen molar-refractivity contribution in [1.82, 2.24) is 20.1 Å². The fourth-order valence-electron chi connectivity index (χ4n) is 2.94. The van der Waals surface area contributed by atoms with Gasteiger partial charge in [0.2, 0.25) is 5.89 Å². The zero-order chi connectivity index (χ0) is 19.7. The number of hydrogen-bond acceptors (Lipinski definition) is 5. The minimum absolute atomic E-state index is 0.0319. The smallest absolute Gasteiger partial charge is 0.416 e. The molecule has 0 unspecified atom stereocenters. The molecular weight excluding hydrogens is 377 g/mol. The van der Waals surface area contributed by atoms with Crippen molar-refractivity contribution in [2.24, 2.45) is 0 Å². The lowest BCUT2D eigenvalue weighted by molar-refractivity contribution is -0.137. The average molecular weight is 392 g/mol. The Morgan fingerprint density at radius 2 is 2.21 bits per heavy atom. The zero-order valence-electron chi connectivity index (χ0n) is 14.5. The number of aromatic nitrogens is 3. The predicted molar refractivity (Wildman–Crippen MR) is 89.3 cm³/mol. The number of carbonyl (C=O) groups is 1. The van der Waals surface area contributed by atoms with Crippen molar-refractivity contribution >= 4 is 5.91 Å². The van der Waals surface area contributed by atoms with E-state index in [1.165, 1.54) is 18.4 Å². The summed E-state index contributed by atoms with van der Waals surface area (Å²) in [5.41, 5.74) is 1.28. The number of ether oxygens (including phenoxy) is 1. The van der Waals surface area contributed by atoms with E-state index in [4.69, 9.17) is 9.15 Å². The Bertz CT molecular complexity index is 996. The molecule has 4 rings (SSSR count). The van der Waals surface area contributed by atoms with Crippen molar-refractivity contribution in [3.05, 3.63) is 65.1 Å². The Balaban J connectivity index is 1.39. The molecule has 0 saturated carbocycles. The molecule has 28 heavy (non-hydrogen) atoms. The molecular formula is C18H15F3N4O3. The maximum absolute atomic E-state index is 12.7. The normalized spacial score (nSPS) is 14.0. The van der Waals surface area contributed by atoms with Crippen LogP contribution in [-0.2, 0) is 25.7 Å². The SMILES string of the molecule is O=C(c1coc(COc2cccc(C(F)(F)F)c2)n1)N1CCc2[nH]ncc2C1. The number of amides is 1. The van der Waals surface area contributed by atoms with E-state index < -0.39 is 11.7 Å². The molecule has 3 aromatic rings. The summed E-state index contributed by atoms with van der Waals surface area (Å²) in [6, 6.07) is 4.51. The Kier molecular flexibility index (Phi) is 4.54. The summed E-state index contributed by atoms with van der Waals surface area (Å²) in [6.07, 6.45) is -0.875. The second-order valence-electron chi connectivity index (χ2n) is 6.29. The highest BCUT2D eigenvalue weighted by molar-refractivity contribution is 5.92. The summed E-state index contributed by atoms with van der Waals surface area (Å²) in [5, 5.41) is 6.86. The first-order chi connectivity index (χ1) is 13.4. The summed E-state index contributed by atoms with van der Waals surface area (Å²) in [4.78, 5) is 18.3. The number of oxazole rings is 1. The van der Waals surface area contributed by atoms with Gasteiger partial charge in [-0.2, -0.15) is 18.3 Å². The minimum Gasteiger partial charge on any atom is -0.484 e. The Hall–Kier alpha value is -3.30. The molecule has 2 aromatic heterocycles. The molecule has 0 spiro atoms. The summed E-state index contributed by atoms with van der Waals surface area (Å²) >= 11 is 0. The lowest BCUT2D eigenvalue weighted by Crippen LogP contribution is -2.35. The van der Waals surface area contributed by atoms with Crippen LogP contribution in [0.25, 0.3) is 0 Å². The van der Waals surface area contributed by atoms with Crippen molar-refractivity contribution < 1.29 is 27.1 Å². The Labute approximate surface area is 157 Å². The fourth-order valence-corrected chi connectivity index (χ4v) is 2.94. The van der Waals surface area contributed by atoms with Crippen LogP contribution in [0.5, 0.6) is 5.75 Å². The van der Waals surface area contributed by atoms with Gasteiger partial charge in [0.05, 0.1) is 11.8 Å². The van der Waals surface area contributed by atoms with Gasteiger partial charge in [-0.05, 0) is 18.2 Å². The third-order valence-electron chi connectivity index (χ3n) is 4.38. The summed E-state index contributed by atoms with van der Waals surface area (Å²) in [5.74, 6) is -0.160. The number of nitrogens with zero attached hydrogens (tertiary/aromatic N) is 3. The minimum atomic E-state index is -4.45. The lowest BCUT2D eigenvalue weighted by atomic mass is 10.1. The van der Waals surface area contributed by atoms with Crippen LogP contribution in [0.2, 0.25) is 0 Å². The Morgan fingerprint density at radius 3 is 3.04 bits per heavy atom. The van der Waals surface area contributed by atoms with Crippen LogP contribution in [0.3, 0.4) is 0 Å². The maximum atomic E-state index is 12.7. The van der Waals surface area contributed by atoms with Gasteiger partial charge in [0.1, 0.15) is 12.0 Å².